The maximum atomic E-state index is 14.0. The van der Waals surface area contributed by atoms with E-state index in [4.69, 9.17) is 17.2 Å². The number of nitrogens with one attached hydrogen (secondary N) is 10. The van der Waals surface area contributed by atoms with Crippen LogP contribution in [0.25, 0.3) is 0 Å². The first-order valence-electron chi connectivity index (χ1n) is 28.6. The molecule has 498 valence electrons. The molecular weight excluding hydrogens is 1170 g/mol. The summed E-state index contributed by atoms with van der Waals surface area (Å²) in [5.74, 6) is -18.2. The molecule has 15 atom stereocenters. The number of primary amides is 2. The van der Waals surface area contributed by atoms with Crippen molar-refractivity contribution in [2.75, 3.05) is 19.8 Å². The normalized spacial score (nSPS) is 17.8. The molecular formula is C53H90N14O21. The largest absolute Gasteiger partial charge is 0.481 e. The Hall–Kier alpha value is -8.15. The van der Waals surface area contributed by atoms with Gasteiger partial charge in [0.15, 0.2) is 0 Å². The zero-order valence-corrected chi connectivity index (χ0v) is 50.8. The molecule has 35 nitrogen and oxygen atoms in total. The first-order chi connectivity index (χ1) is 40.9. The van der Waals surface area contributed by atoms with E-state index in [1.54, 1.807) is 34.6 Å². The van der Waals surface area contributed by atoms with Crippen molar-refractivity contribution in [1.82, 2.24) is 58.1 Å². The minimum Gasteiger partial charge on any atom is -0.481 e. The van der Waals surface area contributed by atoms with Crippen molar-refractivity contribution in [3.63, 3.8) is 0 Å². The van der Waals surface area contributed by atoms with Gasteiger partial charge in [0.1, 0.15) is 66.5 Å². The summed E-state index contributed by atoms with van der Waals surface area (Å²) in [6.45, 7) is 11.2. The maximum absolute atomic E-state index is 14.0. The molecule has 13 amide bonds. The predicted octanol–water partition coefficient (Wildman–Crippen LogP) is -8.24. The number of amides is 13. The number of likely N-dealkylation sites (tertiary alicyclic amines) is 1. The molecule has 0 bridgehead atoms. The molecule has 1 saturated heterocycles. The Bertz CT molecular complexity index is 2500. The van der Waals surface area contributed by atoms with Crippen LogP contribution in [0.2, 0.25) is 0 Å². The quantitative estimate of drug-likeness (QED) is 0.0272. The number of carboxylic acids is 2. The monoisotopic (exact) mass is 1260 g/mol. The average molecular weight is 1260 g/mol. The number of aliphatic hydroxyl groups is 4. The van der Waals surface area contributed by atoms with Crippen molar-refractivity contribution in [3.8, 4) is 0 Å². The van der Waals surface area contributed by atoms with Gasteiger partial charge in [-0.15, -0.1) is 0 Å². The summed E-state index contributed by atoms with van der Waals surface area (Å²) in [5.41, 5.74) is 16.2. The molecule has 0 saturated carbocycles. The summed E-state index contributed by atoms with van der Waals surface area (Å²) < 4.78 is 0. The number of hydrogen-bond acceptors (Lipinski definition) is 20. The molecule has 0 aromatic heterocycles. The van der Waals surface area contributed by atoms with Crippen LogP contribution >= 0.6 is 0 Å². The van der Waals surface area contributed by atoms with E-state index >= 15 is 0 Å². The number of carboxylic acid groups (broad SMARTS) is 2. The molecule has 0 aromatic rings. The lowest BCUT2D eigenvalue weighted by Gasteiger charge is -2.32. The van der Waals surface area contributed by atoms with Crippen LogP contribution in [0.4, 0.5) is 0 Å². The first-order valence-corrected chi connectivity index (χ1v) is 28.6. The summed E-state index contributed by atoms with van der Waals surface area (Å²) >= 11 is 0. The second-order valence-corrected chi connectivity index (χ2v) is 22.5. The molecule has 1 fully saturated rings. The van der Waals surface area contributed by atoms with Gasteiger partial charge < -0.3 is 106 Å². The van der Waals surface area contributed by atoms with Crippen LogP contribution in [0.15, 0.2) is 0 Å². The van der Waals surface area contributed by atoms with Gasteiger partial charge in [-0.1, -0.05) is 48.0 Å². The number of rotatable bonds is 39. The van der Waals surface area contributed by atoms with Gasteiger partial charge in [-0.2, -0.15) is 0 Å². The van der Waals surface area contributed by atoms with Crippen LogP contribution in [0.3, 0.4) is 0 Å². The van der Waals surface area contributed by atoms with E-state index in [-0.39, 0.29) is 50.5 Å². The van der Waals surface area contributed by atoms with Gasteiger partial charge in [-0.3, -0.25) is 67.1 Å². The third-order valence-corrected chi connectivity index (χ3v) is 13.9. The molecule has 1 aliphatic rings. The molecule has 22 N–H and O–H groups in total. The van der Waals surface area contributed by atoms with Crippen molar-refractivity contribution in [2.24, 2.45) is 35.0 Å². The van der Waals surface area contributed by atoms with Crippen LogP contribution in [0.5, 0.6) is 0 Å². The molecule has 0 aliphatic carbocycles. The van der Waals surface area contributed by atoms with Crippen molar-refractivity contribution < 1.29 is 103 Å². The molecule has 1 rings (SSSR count). The Labute approximate surface area is 507 Å². The highest BCUT2D eigenvalue weighted by molar-refractivity contribution is 6.00. The van der Waals surface area contributed by atoms with Crippen molar-refractivity contribution in [2.45, 2.75) is 205 Å². The number of hydrogen-bond donors (Lipinski definition) is 19. The van der Waals surface area contributed by atoms with Crippen LogP contribution in [-0.4, -0.2) is 229 Å². The summed E-state index contributed by atoms with van der Waals surface area (Å²) in [5, 5.41) is 82.7. The second-order valence-electron chi connectivity index (χ2n) is 22.5. The van der Waals surface area contributed by atoms with Crippen LogP contribution in [-0.2, 0) is 71.9 Å². The second kappa shape index (κ2) is 37.5. The Morgan fingerprint density at radius 1 is 0.500 bits per heavy atom. The molecule has 88 heavy (non-hydrogen) atoms. The van der Waals surface area contributed by atoms with Gasteiger partial charge in [0.2, 0.25) is 76.8 Å². The standard InChI is InChI=1S/C53H90N14O21/c1-10-24(6)39(64-43(77)28(54)18-36(55)72)50(84)58-29(13-14-38(74)75)44(78)59-32(19-37(56)73)47(81)62-33(20-68)48(82)65-40(26(8)70)51(85)61-30(16-22(2)3)45(79)57-25(7)42(76)66-41(27(9)71)52(86)67-15-11-12-35(67)49(83)60-31(17-23(4)5)46(80)63-34(21-69)53(87)88/h22-35,39-41,68-71H,10-21,54H2,1-9H3,(H2,55,72)(H2,56,73)(H,57,79)(H,58,84)(H,59,78)(H,60,83)(H,61,85)(H,62,81)(H,63,80)(H,64,77)(H,65,82)(H,66,76)(H,74,75)(H,87,88)/t24-,25-,26+,27+,28-,29-,30-,31-,32-,33-,34-,35-,39-,40-,41-/m0/s1. The van der Waals surface area contributed by atoms with Gasteiger partial charge in [-0.05, 0) is 70.6 Å². The Kier molecular flexibility index (Phi) is 33.2. The fraction of sp³-hybridized carbons (Fsp3) is 0.717. The topological polar surface area (TPSA) is 579 Å². The lowest BCUT2D eigenvalue weighted by atomic mass is 9.97. The minimum atomic E-state index is -2.02. The van der Waals surface area contributed by atoms with E-state index in [9.17, 15) is 103 Å². The van der Waals surface area contributed by atoms with Crippen LogP contribution < -0.4 is 70.4 Å². The van der Waals surface area contributed by atoms with Crippen molar-refractivity contribution in [3.05, 3.63) is 0 Å². The number of nitrogens with two attached hydrogens (primary N) is 3. The van der Waals surface area contributed by atoms with Gasteiger partial charge in [-0.25, -0.2) is 4.79 Å². The number of carbonyl (C=O) groups excluding carboxylic acids is 13. The maximum Gasteiger partial charge on any atom is 0.328 e. The predicted molar refractivity (Wildman–Crippen MR) is 306 cm³/mol. The Morgan fingerprint density at radius 2 is 0.932 bits per heavy atom. The summed E-state index contributed by atoms with van der Waals surface area (Å²) in [6.07, 6.45) is -5.79. The zero-order chi connectivity index (χ0) is 67.6. The molecule has 1 heterocycles. The molecule has 35 heteroatoms. The summed E-state index contributed by atoms with van der Waals surface area (Å²) in [4.78, 5) is 197. The van der Waals surface area contributed by atoms with Crippen LogP contribution in [0, 0.1) is 17.8 Å². The Morgan fingerprint density at radius 3 is 1.42 bits per heavy atom. The molecule has 0 aromatic carbocycles. The summed E-state index contributed by atoms with van der Waals surface area (Å²) in [6, 6.07) is -19.5. The van der Waals surface area contributed by atoms with Crippen molar-refractivity contribution >= 4 is 88.7 Å². The van der Waals surface area contributed by atoms with E-state index in [1.807, 2.05) is 0 Å². The highest BCUT2D eigenvalue weighted by Gasteiger charge is 2.42. The zero-order valence-electron chi connectivity index (χ0n) is 50.8. The van der Waals surface area contributed by atoms with E-state index in [0.717, 1.165) is 11.8 Å². The Balaban J connectivity index is 3.31. The minimum absolute atomic E-state index is 0.0269. The highest BCUT2D eigenvalue weighted by atomic mass is 16.4. The highest BCUT2D eigenvalue weighted by Crippen LogP contribution is 2.21. The third-order valence-electron chi connectivity index (χ3n) is 13.9. The van der Waals surface area contributed by atoms with Crippen molar-refractivity contribution in [1.29, 1.82) is 0 Å². The third kappa shape index (κ3) is 26.1. The average Bonchev–Trinajstić information content (AvgIpc) is 4.09. The van der Waals surface area contributed by atoms with E-state index in [1.165, 1.54) is 20.8 Å². The van der Waals surface area contributed by atoms with E-state index in [0.29, 0.717) is 0 Å². The van der Waals surface area contributed by atoms with E-state index in [2.05, 4.69) is 53.2 Å². The van der Waals surface area contributed by atoms with Gasteiger partial charge in [0.25, 0.3) is 0 Å². The van der Waals surface area contributed by atoms with Gasteiger partial charge in [0.05, 0.1) is 44.3 Å². The first kappa shape index (κ1) is 77.9. The fourth-order valence-corrected chi connectivity index (χ4v) is 8.80. The number of aliphatic carboxylic acids is 2. The molecule has 0 spiro atoms. The van der Waals surface area contributed by atoms with Crippen LogP contribution in [0.1, 0.15) is 120 Å². The molecule has 0 unspecified atom stereocenters. The lowest BCUT2D eigenvalue weighted by Crippen LogP contribution is -2.63. The van der Waals surface area contributed by atoms with Gasteiger partial charge in [0, 0.05) is 13.0 Å². The molecule has 1 aliphatic heterocycles. The fourth-order valence-electron chi connectivity index (χ4n) is 8.80. The SMILES string of the molecule is CC[C@H](C)[C@H](NC(=O)[C@@H](N)CC(N)=O)C(=O)N[C@@H](CCC(=O)O)C(=O)N[C@@H](CC(N)=O)C(=O)N[C@@H](CO)C(=O)N[C@H](C(=O)N[C@@H](CC(C)C)C(=O)N[C@@H](C)C(=O)N[C@H](C(=O)N1CCC[C@H]1C(=O)N[C@@H](CC(C)C)C(=O)N[C@@H](CO)C(=O)O)[C@@H](C)O)[C@@H](C)O. The van der Waals surface area contributed by atoms with Gasteiger partial charge >= 0.3 is 11.9 Å². The summed E-state index contributed by atoms with van der Waals surface area (Å²) in [7, 11) is 0. The van der Waals surface area contributed by atoms with E-state index < -0.39 is 218 Å². The lowest BCUT2D eigenvalue weighted by molar-refractivity contribution is -0.145. The number of aliphatic hydroxyl groups excluding tert-OH is 4. The number of carbonyl (C=O) groups is 15. The smallest absolute Gasteiger partial charge is 0.328 e. The molecule has 0 radical (unpaired) electrons. The number of nitrogens with zero attached hydrogens (tertiary/aromatic N) is 1.